The fraction of sp³-hybridized carbons (Fsp3) is 0.962. The van der Waals surface area contributed by atoms with Crippen molar-refractivity contribution >= 4 is 5.91 Å². The first-order valence-electron chi connectivity index (χ1n) is 15.2. The van der Waals surface area contributed by atoms with Crippen LogP contribution in [0.5, 0.6) is 0 Å². The minimum absolute atomic E-state index is 0.0179. The Bertz CT molecular complexity index is 876. The van der Waals surface area contributed by atoms with Gasteiger partial charge in [0.15, 0.2) is 12.6 Å². The number of rotatable bonds is 11. The summed E-state index contributed by atoms with van der Waals surface area (Å²) in [7, 11) is 0. The number of morpholine rings is 1. The van der Waals surface area contributed by atoms with Crippen LogP contribution in [0.4, 0.5) is 0 Å². The molecule has 3 heterocycles. The van der Waals surface area contributed by atoms with Crippen molar-refractivity contribution in [2.24, 2.45) is 28.7 Å². The Kier molecular flexibility index (Phi) is 12.9. The molecule has 17 nitrogen and oxygen atoms in total. The number of nitrogens with zero attached hydrogens (tertiary/aromatic N) is 1. The largest absolute Gasteiger partial charge is 0.389 e. The van der Waals surface area contributed by atoms with Crippen LogP contribution in [0.3, 0.4) is 0 Å². The average molecular weight is 622 g/mol. The predicted molar refractivity (Wildman–Crippen MR) is 151 cm³/mol. The van der Waals surface area contributed by atoms with E-state index >= 15 is 0 Å². The number of carbonyl (C=O) groups excluding carboxylic acids is 1. The monoisotopic (exact) mass is 621 g/mol. The summed E-state index contributed by atoms with van der Waals surface area (Å²) in [5.41, 5.74) is 30.1. The fourth-order valence-electron chi connectivity index (χ4n) is 6.06. The van der Waals surface area contributed by atoms with Crippen LogP contribution >= 0.6 is 0 Å². The molecular weight excluding hydrogens is 570 g/mol. The zero-order valence-corrected chi connectivity index (χ0v) is 24.4. The minimum Gasteiger partial charge on any atom is -0.389 e. The number of ether oxygens (including phenoxy) is 5. The summed E-state index contributed by atoms with van der Waals surface area (Å²) >= 11 is 0. The fourth-order valence-corrected chi connectivity index (χ4v) is 6.06. The van der Waals surface area contributed by atoms with Crippen LogP contribution in [0.25, 0.3) is 0 Å². The standard InChI is InChI=1S/C26H51N7O10/c27-4-3-16(34)24(38)32-15-9-14(30)22(42-25-13(29)2-1-12(10-28)40-25)21(37)23(15)43-26-20(36)18(31)19(35)17(41-26)11-33-5-7-39-8-6-33/h12-23,25-26,34-37H,1-11,27-31H2,(H,32,38)/t12?,13?,14-,15+,16-,17?,18-,19-,20?,21?,22?,23+,25-,26-/m0/s1. The van der Waals surface area contributed by atoms with Crippen molar-refractivity contribution in [3.8, 4) is 0 Å². The normalized spacial score (nSPS) is 43.7. The molecule has 43 heavy (non-hydrogen) atoms. The summed E-state index contributed by atoms with van der Waals surface area (Å²) in [5.74, 6) is -0.728. The van der Waals surface area contributed by atoms with Crippen LogP contribution in [-0.2, 0) is 28.5 Å². The number of hydrogen-bond acceptors (Lipinski definition) is 16. The van der Waals surface area contributed by atoms with Crippen LogP contribution in [0, 0.1) is 0 Å². The summed E-state index contributed by atoms with van der Waals surface area (Å²) in [6.45, 7) is 2.98. The molecule has 0 spiro atoms. The van der Waals surface area contributed by atoms with E-state index in [0.717, 1.165) is 0 Å². The molecule has 0 bridgehead atoms. The van der Waals surface area contributed by atoms with E-state index in [2.05, 4.69) is 5.32 Å². The van der Waals surface area contributed by atoms with E-state index < -0.39 is 85.4 Å². The van der Waals surface area contributed by atoms with Gasteiger partial charge in [-0.3, -0.25) is 9.69 Å². The summed E-state index contributed by atoms with van der Waals surface area (Å²) in [6, 6.07) is -3.36. The SMILES string of the molecule is NCC[C@H](O)C(=O)N[C@@H]1C[C@H](N)C(O[C@@H]2OC(CN)CCC2N)C(O)[C@@H]1O[C@@H]1OC(CN2CCOCC2)[C@H](O)[C@H](N)C1O. The smallest absolute Gasteiger partial charge is 0.249 e. The summed E-state index contributed by atoms with van der Waals surface area (Å²) in [5, 5.41) is 46.2. The molecule has 17 heteroatoms. The molecule has 3 aliphatic heterocycles. The van der Waals surface area contributed by atoms with E-state index in [-0.39, 0.29) is 32.0 Å². The molecule has 6 unspecified atom stereocenters. The number of aliphatic hydroxyl groups excluding tert-OH is 4. The molecule has 3 saturated heterocycles. The van der Waals surface area contributed by atoms with E-state index in [1.165, 1.54) is 0 Å². The van der Waals surface area contributed by atoms with Gasteiger partial charge < -0.3 is 78.1 Å². The Morgan fingerprint density at radius 2 is 1.63 bits per heavy atom. The van der Waals surface area contributed by atoms with Gasteiger partial charge in [0.25, 0.3) is 0 Å². The third-order valence-corrected chi connectivity index (χ3v) is 8.73. The molecule has 4 rings (SSSR count). The number of aliphatic hydroxyl groups is 4. The molecule has 1 aliphatic carbocycles. The first kappa shape index (κ1) is 34.7. The van der Waals surface area contributed by atoms with Crippen LogP contribution < -0.4 is 34.0 Å². The zero-order valence-electron chi connectivity index (χ0n) is 24.4. The van der Waals surface area contributed by atoms with Crippen LogP contribution in [0.15, 0.2) is 0 Å². The van der Waals surface area contributed by atoms with Crippen molar-refractivity contribution in [2.45, 2.75) is 111 Å². The first-order valence-corrected chi connectivity index (χ1v) is 15.2. The van der Waals surface area contributed by atoms with Gasteiger partial charge in [0.2, 0.25) is 5.91 Å². The molecular formula is C26H51N7O10. The van der Waals surface area contributed by atoms with Crippen LogP contribution in [-0.4, -0.2) is 163 Å². The first-order chi connectivity index (χ1) is 20.5. The van der Waals surface area contributed by atoms with Gasteiger partial charge in [-0.1, -0.05) is 0 Å². The van der Waals surface area contributed by atoms with Crippen molar-refractivity contribution < 1.29 is 48.9 Å². The van der Waals surface area contributed by atoms with E-state index in [4.69, 9.17) is 52.4 Å². The van der Waals surface area contributed by atoms with Gasteiger partial charge in [-0.2, -0.15) is 0 Å². The van der Waals surface area contributed by atoms with Gasteiger partial charge in [0, 0.05) is 32.2 Å². The molecule has 15 N–H and O–H groups in total. The maximum atomic E-state index is 12.8. The van der Waals surface area contributed by atoms with Gasteiger partial charge in [-0.15, -0.1) is 0 Å². The Hall–Kier alpha value is -1.13. The summed E-state index contributed by atoms with van der Waals surface area (Å²) < 4.78 is 29.6. The van der Waals surface area contributed by atoms with Gasteiger partial charge >= 0.3 is 0 Å². The van der Waals surface area contributed by atoms with E-state index in [0.29, 0.717) is 45.7 Å². The number of nitrogens with two attached hydrogens (primary N) is 5. The highest BCUT2D eigenvalue weighted by atomic mass is 16.7. The highest BCUT2D eigenvalue weighted by Crippen LogP contribution is 2.32. The Morgan fingerprint density at radius 1 is 0.930 bits per heavy atom. The zero-order chi connectivity index (χ0) is 31.3. The summed E-state index contributed by atoms with van der Waals surface area (Å²) in [4.78, 5) is 14.8. The molecule has 1 amide bonds. The van der Waals surface area contributed by atoms with E-state index in [1.807, 2.05) is 4.90 Å². The number of nitrogens with one attached hydrogen (secondary N) is 1. The van der Waals surface area contributed by atoms with E-state index in [9.17, 15) is 25.2 Å². The second-order valence-electron chi connectivity index (χ2n) is 11.9. The average Bonchev–Trinajstić information content (AvgIpc) is 2.99. The highest BCUT2D eigenvalue weighted by Gasteiger charge is 2.51. The lowest BCUT2D eigenvalue weighted by Crippen LogP contribution is -2.69. The third-order valence-electron chi connectivity index (χ3n) is 8.73. The van der Waals surface area contributed by atoms with Crippen molar-refractivity contribution in [2.75, 3.05) is 45.9 Å². The van der Waals surface area contributed by atoms with Crippen molar-refractivity contribution in [1.82, 2.24) is 10.2 Å². The van der Waals surface area contributed by atoms with Gasteiger partial charge in [0.1, 0.15) is 36.6 Å². The third kappa shape index (κ3) is 8.57. The van der Waals surface area contributed by atoms with Crippen molar-refractivity contribution in [1.29, 1.82) is 0 Å². The van der Waals surface area contributed by atoms with Gasteiger partial charge in [-0.25, -0.2) is 0 Å². The molecule has 250 valence electrons. The van der Waals surface area contributed by atoms with Crippen molar-refractivity contribution in [3.05, 3.63) is 0 Å². The van der Waals surface area contributed by atoms with E-state index in [1.54, 1.807) is 0 Å². The van der Waals surface area contributed by atoms with Crippen LogP contribution in [0.1, 0.15) is 25.7 Å². The highest BCUT2D eigenvalue weighted by molar-refractivity contribution is 5.80. The Morgan fingerprint density at radius 3 is 2.30 bits per heavy atom. The molecule has 0 aromatic heterocycles. The summed E-state index contributed by atoms with van der Waals surface area (Å²) in [6.07, 6.45) is -9.87. The topological polar surface area (TPSA) is 290 Å². The lowest BCUT2D eigenvalue weighted by atomic mass is 9.83. The maximum absolute atomic E-state index is 12.8. The molecule has 0 aromatic carbocycles. The molecule has 4 aliphatic rings. The Labute approximate surface area is 251 Å². The Balaban J connectivity index is 1.53. The molecule has 14 atom stereocenters. The molecule has 0 aromatic rings. The predicted octanol–water partition coefficient (Wildman–Crippen LogP) is -6.06. The lowest BCUT2D eigenvalue weighted by molar-refractivity contribution is -0.312. The molecule has 1 saturated carbocycles. The lowest BCUT2D eigenvalue weighted by Gasteiger charge is -2.49. The van der Waals surface area contributed by atoms with Gasteiger partial charge in [-0.05, 0) is 32.2 Å². The van der Waals surface area contributed by atoms with Gasteiger partial charge in [0.05, 0.1) is 43.5 Å². The number of carbonyl (C=O) groups is 1. The van der Waals surface area contributed by atoms with Crippen molar-refractivity contribution in [3.63, 3.8) is 0 Å². The second-order valence-corrected chi connectivity index (χ2v) is 11.9. The molecule has 4 fully saturated rings. The number of amides is 1. The number of hydrogen-bond donors (Lipinski definition) is 10. The second kappa shape index (κ2) is 15.9. The maximum Gasteiger partial charge on any atom is 0.249 e. The quantitative estimate of drug-likeness (QED) is 0.103. The molecule has 0 radical (unpaired) electrons. The van der Waals surface area contributed by atoms with Crippen LogP contribution in [0.2, 0.25) is 0 Å². The minimum atomic E-state index is -1.47.